The standard InChI is InChI=1S/C19H20F2N6O2/c1-12-3-2-7-25(10-12)16-6-8-26-18(23-16)24-27(19(26)29)11-17(28)22-13-4-5-14(20)15(21)9-13/h4-6,8-9,12H,2-3,7,10-11H2,1H3,(H,22,28)/t12-/m1/s1. The lowest BCUT2D eigenvalue weighted by Gasteiger charge is -2.31. The van der Waals surface area contributed by atoms with Gasteiger partial charge >= 0.3 is 5.69 Å². The van der Waals surface area contributed by atoms with Gasteiger partial charge in [0.15, 0.2) is 11.6 Å². The highest BCUT2D eigenvalue weighted by Crippen LogP contribution is 2.21. The number of carbonyl (C=O) groups excluding carboxylic acids is 1. The van der Waals surface area contributed by atoms with E-state index in [0.717, 1.165) is 42.1 Å². The van der Waals surface area contributed by atoms with Crippen molar-refractivity contribution in [2.24, 2.45) is 5.92 Å². The lowest BCUT2D eigenvalue weighted by Crippen LogP contribution is -2.34. The SMILES string of the molecule is C[C@@H]1CCCN(c2ccn3c(=O)n(CC(=O)Nc4ccc(F)c(F)c4)nc3n2)C1. The zero-order valence-corrected chi connectivity index (χ0v) is 15.8. The van der Waals surface area contributed by atoms with Crippen LogP contribution in [-0.4, -0.2) is 38.2 Å². The number of nitrogens with zero attached hydrogens (tertiary/aromatic N) is 5. The van der Waals surface area contributed by atoms with Gasteiger partial charge < -0.3 is 10.2 Å². The molecule has 1 aliphatic heterocycles. The third-order valence-electron chi connectivity index (χ3n) is 4.92. The molecule has 1 fully saturated rings. The van der Waals surface area contributed by atoms with Crippen LogP contribution in [0.25, 0.3) is 5.78 Å². The van der Waals surface area contributed by atoms with Gasteiger partial charge in [-0.1, -0.05) is 6.92 Å². The summed E-state index contributed by atoms with van der Waals surface area (Å²) in [4.78, 5) is 31.3. The summed E-state index contributed by atoms with van der Waals surface area (Å²) in [7, 11) is 0. The minimum Gasteiger partial charge on any atom is -0.356 e. The first-order valence-electron chi connectivity index (χ1n) is 9.37. The monoisotopic (exact) mass is 402 g/mol. The van der Waals surface area contributed by atoms with Gasteiger partial charge in [0.1, 0.15) is 12.4 Å². The van der Waals surface area contributed by atoms with E-state index in [0.29, 0.717) is 5.92 Å². The second-order valence-corrected chi connectivity index (χ2v) is 7.27. The molecule has 1 aromatic carbocycles. The molecular formula is C19H20F2N6O2. The molecule has 3 heterocycles. The van der Waals surface area contributed by atoms with Crippen LogP contribution in [0.3, 0.4) is 0 Å². The van der Waals surface area contributed by atoms with Crippen molar-refractivity contribution in [3.8, 4) is 0 Å². The maximum atomic E-state index is 13.3. The van der Waals surface area contributed by atoms with E-state index in [-0.39, 0.29) is 18.0 Å². The zero-order chi connectivity index (χ0) is 20.5. The molecule has 10 heteroatoms. The molecule has 0 saturated carbocycles. The lowest BCUT2D eigenvalue weighted by atomic mass is 10.0. The van der Waals surface area contributed by atoms with Crippen molar-refractivity contribution in [2.45, 2.75) is 26.3 Å². The fourth-order valence-electron chi connectivity index (χ4n) is 3.48. The maximum Gasteiger partial charge on any atom is 0.352 e. The maximum absolute atomic E-state index is 13.3. The molecule has 0 aliphatic carbocycles. The molecule has 1 aliphatic rings. The van der Waals surface area contributed by atoms with Gasteiger partial charge in [0.2, 0.25) is 5.91 Å². The first-order chi connectivity index (χ1) is 13.9. The van der Waals surface area contributed by atoms with Gasteiger partial charge in [-0.05, 0) is 37.0 Å². The van der Waals surface area contributed by atoms with E-state index in [2.05, 4.69) is 27.2 Å². The number of amides is 1. The van der Waals surface area contributed by atoms with Crippen LogP contribution in [0.1, 0.15) is 19.8 Å². The summed E-state index contributed by atoms with van der Waals surface area (Å²) in [5.74, 6) is -1.16. The largest absolute Gasteiger partial charge is 0.356 e. The van der Waals surface area contributed by atoms with Gasteiger partial charge in [-0.2, -0.15) is 4.98 Å². The lowest BCUT2D eigenvalue weighted by molar-refractivity contribution is -0.117. The number of hydrogen-bond donors (Lipinski definition) is 1. The number of nitrogens with one attached hydrogen (secondary N) is 1. The third kappa shape index (κ3) is 3.96. The second-order valence-electron chi connectivity index (χ2n) is 7.27. The number of anilines is 2. The Bertz CT molecular complexity index is 1130. The number of piperidine rings is 1. The number of halogens is 2. The smallest absolute Gasteiger partial charge is 0.352 e. The Balaban J connectivity index is 1.53. The van der Waals surface area contributed by atoms with Gasteiger partial charge in [-0.3, -0.25) is 4.79 Å². The van der Waals surface area contributed by atoms with Crippen molar-refractivity contribution in [1.82, 2.24) is 19.2 Å². The molecule has 1 atom stereocenters. The predicted octanol–water partition coefficient (Wildman–Crippen LogP) is 2.04. The summed E-state index contributed by atoms with van der Waals surface area (Å²) in [6.45, 7) is 3.60. The molecular weight excluding hydrogens is 382 g/mol. The minimum atomic E-state index is -1.07. The first-order valence-corrected chi connectivity index (χ1v) is 9.37. The topological polar surface area (TPSA) is 84.5 Å². The minimum absolute atomic E-state index is 0.0883. The van der Waals surface area contributed by atoms with Crippen molar-refractivity contribution in [3.63, 3.8) is 0 Å². The molecule has 8 nitrogen and oxygen atoms in total. The Hall–Kier alpha value is -3.30. The summed E-state index contributed by atoms with van der Waals surface area (Å²) in [6.07, 6.45) is 3.86. The number of carbonyl (C=O) groups is 1. The summed E-state index contributed by atoms with van der Waals surface area (Å²) < 4.78 is 28.5. The van der Waals surface area contributed by atoms with Crippen LogP contribution in [0, 0.1) is 17.6 Å². The van der Waals surface area contributed by atoms with Crippen LogP contribution in [-0.2, 0) is 11.3 Å². The van der Waals surface area contributed by atoms with Crippen LogP contribution in [0.4, 0.5) is 20.3 Å². The molecule has 0 bridgehead atoms. The van der Waals surface area contributed by atoms with Crippen LogP contribution >= 0.6 is 0 Å². The normalized spacial score (nSPS) is 16.9. The Morgan fingerprint density at radius 3 is 2.86 bits per heavy atom. The molecule has 29 heavy (non-hydrogen) atoms. The molecule has 0 unspecified atom stereocenters. The van der Waals surface area contributed by atoms with E-state index in [4.69, 9.17) is 0 Å². The van der Waals surface area contributed by atoms with E-state index in [1.807, 2.05) is 0 Å². The number of benzene rings is 1. The average molecular weight is 402 g/mol. The average Bonchev–Trinajstić information content (AvgIpc) is 2.99. The summed E-state index contributed by atoms with van der Waals surface area (Å²) in [5, 5.41) is 6.55. The number of rotatable bonds is 4. The number of hydrogen-bond acceptors (Lipinski definition) is 5. The van der Waals surface area contributed by atoms with Crippen LogP contribution in [0.5, 0.6) is 0 Å². The molecule has 1 saturated heterocycles. The highest BCUT2D eigenvalue weighted by atomic mass is 19.2. The van der Waals surface area contributed by atoms with E-state index < -0.39 is 23.2 Å². The van der Waals surface area contributed by atoms with Crippen LogP contribution < -0.4 is 15.9 Å². The summed E-state index contributed by atoms with van der Waals surface area (Å²) in [6, 6.07) is 4.78. The molecule has 4 rings (SSSR count). The van der Waals surface area contributed by atoms with Crippen molar-refractivity contribution in [3.05, 3.63) is 52.6 Å². The fourth-order valence-corrected chi connectivity index (χ4v) is 3.48. The number of aromatic nitrogens is 4. The van der Waals surface area contributed by atoms with E-state index in [1.165, 1.54) is 16.9 Å². The van der Waals surface area contributed by atoms with Gasteiger partial charge in [-0.15, -0.1) is 5.10 Å². The Morgan fingerprint density at radius 1 is 1.28 bits per heavy atom. The highest BCUT2D eigenvalue weighted by Gasteiger charge is 2.19. The quantitative estimate of drug-likeness (QED) is 0.722. The van der Waals surface area contributed by atoms with Crippen molar-refractivity contribution >= 4 is 23.2 Å². The molecule has 2 aromatic heterocycles. The van der Waals surface area contributed by atoms with E-state index >= 15 is 0 Å². The Kier molecular flexibility index (Phi) is 4.99. The van der Waals surface area contributed by atoms with Crippen molar-refractivity contribution < 1.29 is 13.6 Å². The molecule has 3 aromatic rings. The van der Waals surface area contributed by atoms with E-state index in [1.54, 1.807) is 12.3 Å². The van der Waals surface area contributed by atoms with E-state index in [9.17, 15) is 18.4 Å². The molecule has 152 valence electrons. The van der Waals surface area contributed by atoms with Gasteiger partial charge in [0.25, 0.3) is 5.78 Å². The fraction of sp³-hybridized carbons (Fsp3) is 0.368. The third-order valence-corrected chi connectivity index (χ3v) is 4.92. The second kappa shape index (κ2) is 7.61. The first kappa shape index (κ1) is 19.0. The highest BCUT2D eigenvalue weighted by molar-refractivity contribution is 5.90. The molecule has 0 radical (unpaired) electrons. The molecule has 1 N–H and O–H groups in total. The zero-order valence-electron chi connectivity index (χ0n) is 15.8. The predicted molar refractivity (Wildman–Crippen MR) is 103 cm³/mol. The molecule has 1 amide bonds. The van der Waals surface area contributed by atoms with Crippen molar-refractivity contribution in [1.29, 1.82) is 0 Å². The molecule has 0 spiro atoms. The van der Waals surface area contributed by atoms with Crippen LogP contribution in [0.15, 0.2) is 35.3 Å². The van der Waals surface area contributed by atoms with Gasteiger partial charge in [0, 0.05) is 31.0 Å². The Morgan fingerprint density at radius 2 is 2.10 bits per heavy atom. The number of fused-ring (bicyclic) bond motifs is 1. The van der Waals surface area contributed by atoms with Crippen LogP contribution in [0.2, 0.25) is 0 Å². The van der Waals surface area contributed by atoms with Gasteiger partial charge in [-0.25, -0.2) is 22.7 Å². The Labute approximate surface area is 164 Å². The summed E-state index contributed by atoms with van der Waals surface area (Å²) >= 11 is 0. The van der Waals surface area contributed by atoms with Gasteiger partial charge in [0.05, 0.1) is 0 Å². The van der Waals surface area contributed by atoms with Crippen molar-refractivity contribution in [2.75, 3.05) is 23.3 Å². The summed E-state index contributed by atoms with van der Waals surface area (Å²) in [5.41, 5.74) is -0.420.